The van der Waals surface area contributed by atoms with Crippen LogP contribution in [0.15, 0.2) is 43.8 Å². The quantitative estimate of drug-likeness (QED) is 0.461. The predicted molar refractivity (Wildman–Crippen MR) is 107 cm³/mol. The topological polar surface area (TPSA) is 118 Å². The molecule has 1 aromatic carbocycles. The number of nitrogens with two attached hydrogens (primary N) is 1. The van der Waals surface area contributed by atoms with Crippen LogP contribution in [0, 0.1) is 18.3 Å². The first-order chi connectivity index (χ1) is 13.5. The number of aromatic nitrogens is 1. The van der Waals surface area contributed by atoms with Gasteiger partial charge in [0, 0.05) is 5.56 Å². The number of aromatic hydroxyl groups is 1. The van der Waals surface area contributed by atoms with E-state index in [2.05, 4.69) is 27.0 Å². The average molecular weight is 440 g/mol. The fourth-order valence-corrected chi connectivity index (χ4v) is 3.66. The highest BCUT2D eigenvalue weighted by molar-refractivity contribution is 9.10. The van der Waals surface area contributed by atoms with Crippen LogP contribution in [-0.2, 0) is 0 Å². The molecule has 0 bridgehead atoms. The van der Waals surface area contributed by atoms with Crippen LogP contribution in [0.1, 0.15) is 11.3 Å². The molecule has 3 N–H and O–H groups in total. The number of nitriles is 1. The molecule has 0 saturated carbocycles. The number of fused-ring (bicyclic) bond motifs is 1. The van der Waals surface area contributed by atoms with E-state index in [9.17, 15) is 10.4 Å². The van der Waals surface area contributed by atoms with Gasteiger partial charge in [-0.3, -0.25) is 0 Å². The lowest BCUT2D eigenvalue weighted by Crippen LogP contribution is -2.01. The van der Waals surface area contributed by atoms with E-state index in [-0.39, 0.29) is 17.1 Å². The van der Waals surface area contributed by atoms with E-state index in [1.54, 1.807) is 31.2 Å². The number of methoxy groups -OCH3 is 1. The van der Waals surface area contributed by atoms with Crippen molar-refractivity contribution in [1.82, 2.24) is 4.98 Å². The SMILES string of the molecule is COc1c(-c2cc(-c3ccc(C)o3)c(C#N)c(N)n2)c(O)c(Br)c2occc12. The first-order valence-corrected chi connectivity index (χ1v) is 8.99. The Morgan fingerprint density at radius 1 is 1.32 bits per heavy atom. The van der Waals surface area contributed by atoms with Crippen molar-refractivity contribution in [3.8, 4) is 40.1 Å². The normalized spacial score (nSPS) is 10.9. The summed E-state index contributed by atoms with van der Waals surface area (Å²) in [5.41, 5.74) is 7.83. The van der Waals surface area contributed by atoms with Crippen LogP contribution >= 0.6 is 15.9 Å². The number of phenols is 1. The summed E-state index contributed by atoms with van der Waals surface area (Å²) >= 11 is 3.36. The zero-order valence-electron chi connectivity index (χ0n) is 14.9. The molecular weight excluding hydrogens is 426 g/mol. The van der Waals surface area contributed by atoms with Gasteiger partial charge in [0.05, 0.1) is 30.0 Å². The number of benzene rings is 1. The van der Waals surface area contributed by atoms with E-state index in [1.165, 1.54) is 13.4 Å². The maximum atomic E-state index is 10.8. The molecule has 0 aliphatic carbocycles. The third kappa shape index (κ3) is 2.60. The Kier molecular flexibility index (Phi) is 4.24. The zero-order valence-corrected chi connectivity index (χ0v) is 16.5. The molecule has 0 atom stereocenters. The van der Waals surface area contributed by atoms with Gasteiger partial charge in [0.15, 0.2) is 5.58 Å². The van der Waals surface area contributed by atoms with E-state index >= 15 is 0 Å². The lowest BCUT2D eigenvalue weighted by atomic mass is 10.0. The summed E-state index contributed by atoms with van der Waals surface area (Å²) < 4.78 is 17.0. The van der Waals surface area contributed by atoms with Crippen molar-refractivity contribution < 1.29 is 18.7 Å². The summed E-state index contributed by atoms with van der Waals surface area (Å²) in [6.45, 7) is 1.81. The van der Waals surface area contributed by atoms with Crippen molar-refractivity contribution in [3.05, 3.63) is 46.3 Å². The minimum absolute atomic E-state index is 0.0221. The van der Waals surface area contributed by atoms with Gasteiger partial charge in [-0.25, -0.2) is 4.98 Å². The summed E-state index contributed by atoms with van der Waals surface area (Å²) in [6.07, 6.45) is 1.50. The Hall–Kier alpha value is -3.44. The molecule has 3 heterocycles. The third-order valence-corrected chi connectivity index (χ3v) is 5.14. The number of rotatable bonds is 3. The van der Waals surface area contributed by atoms with E-state index in [0.29, 0.717) is 49.5 Å². The first kappa shape index (κ1) is 17.9. The van der Waals surface area contributed by atoms with Crippen LogP contribution in [0.5, 0.6) is 11.5 Å². The Balaban J connectivity index is 2.07. The van der Waals surface area contributed by atoms with Crippen molar-refractivity contribution >= 4 is 32.7 Å². The molecule has 0 aliphatic rings. The fraction of sp³-hybridized carbons (Fsp3) is 0.100. The number of halogens is 1. The van der Waals surface area contributed by atoms with E-state index in [0.717, 1.165) is 0 Å². The molecule has 0 fully saturated rings. The molecule has 0 spiro atoms. The third-order valence-electron chi connectivity index (χ3n) is 4.41. The Morgan fingerprint density at radius 3 is 2.75 bits per heavy atom. The number of anilines is 1. The molecule has 28 heavy (non-hydrogen) atoms. The van der Waals surface area contributed by atoms with Crippen LogP contribution in [-0.4, -0.2) is 17.2 Å². The van der Waals surface area contributed by atoms with Crippen molar-refractivity contribution in [3.63, 3.8) is 0 Å². The van der Waals surface area contributed by atoms with Gasteiger partial charge in [0.25, 0.3) is 0 Å². The molecule has 7 nitrogen and oxygen atoms in total. The van der Waals surface area contributed by atoms with Gasteiger partial charge in [0.2, 0.25) is 0 Å². The lowest BCUT2D eigenvalue weighted by molar-refractivity contribution is 0.414. The average Bonchev–Trinajstić information content (AvgIpc) is 3.33. The standard InChI is InChI=1S/C20H14BrN3O4/c1-9-3-4-14(28-9)11-7-13(24-20(23)12(11)8-22)15-17(25)16(21)19-10(5-6-27-19)18(15)26-2/h3-7,25H,1-2H3,(H2,23,24). The monoisotopic (exact) mass is 439 g/mol. The zero-order chi connectivity index (χ0) is 20.0. The summed E-state index contributed by atoms with van der Waals surface area (Å²) in [6, 6.07) is 8.98. The number of nitrogen functional groups attached to an aromatic ring is 1. The first-order valence-electron chi connectivity index (χ1n) is 8.19. The van der Waals surface area contributed by atoms with Gasteiger partial charge < -0.3 is 24.4 Å². The number of hydrogen-bond donors (Lipinski definition) is 2. The van der Waals surface area contributed by atoms with Gasteiger partial charge in [-0.2, -0.15) is 5.26 Å². The lowest BCUT2D eigenvalue weighted by Gasteiger charge is -2.15. The fourth-order valence-electron chi connectivity index (χ4n) is 3.15. The highest BCUT2D eigenvalue weighted by Gasteiger charge is 2.25. The van der Waals surface area contributed by atoms with E-state index in [4.69, 9.17) is 19.3 Å². The summed E-state index contributed by atoms with van der Waals surface area (Å²) in [4.78, 5) is 4.33. The van der Waals surface area contributed by atoms with Gasteiger partial charge in [-0.15, -0.1) is 0 Å². The molecule has 4 aromatic rings. The molecule has 0 saturated heterocycles. The second-order valence-corrected chi connectivity index (χ2v) is 6.86. The molecule has 140 valence electrons. The van der Waals surface area contributed by atoms with Crippen LogP contribution < -0.4 is 10.5 Å². The summed E-state index contributed by atoms with van der Waals surface area (Å²) in [5.74, 6) is 1.46. The van der Waals surface area contributed by atoms with Gasteiger partial charge in [-0.05, 0) is 47.1 Å². The Bertz CT molecular complexity index is 1270. The van der Waals surface area contributed by atoms with E-state index < -0.39 is 0 Å². The smallest absolute Gasteiger partial charge is 0.155 e. The number of pyridine rings is 1. The Labute approximate surface area is 168 Å². The van der Waals surface area contributed by atoms with Gasteiger partial charge >= 0.3 is 0 Å². The Morgan fingerprint density at radius 2 is 2.11 bits per heavy atom. The van der Waals surface area contributed by atoms with Crippen LogP contribution in [0.25, 0.3) is 33.6 Å². The van der Waals surface area contributed by atoms with Crippen LogP contribution in [0.2, 0.25) is 0 Å². The van der Waals surface area contributed by atoms with Crippen LogP contribution in [0.3, 0.4) is 0 Å². The molecule has 0 amide bonds. The molecule has 0 radical (unpaired) electrons. The number of phenolic OH excluding ortho intramolecular Hbond substituents is 1. The molecule has 3 aromatic heterocycles. The molecule has 8 heteroatoms. The molecule has 0 aliphatic heterocycles. The number of nitrogens with zero attached hydrogens (tertiary/aromatic N) is 2. The second-order valence-electron chi connectivity index (χ2n) is 6.07. The minimum Gasteiger partial charge on any atom is -0.506 e. The van der Waals surface area contributed by atoms with Crippen molar-refractivity contribution in [2.75, 3.05) is 12.8 Å². The number of ether oxygens (including phenoxy) is 1. The second kappa shape index (κ2) is 6.62. The minimum atomic E-state index is -0.113. The molecular formula is C20H14BrN3O4. The maximum Gasteiger partial charge on any atom is 0.155 e. The number of aryl methyl sites for hydroxylation is 1. The highest BCUT2D eigenvalue weighted by atomic mass is 79.9. The largest absolute Gasteiger partial charge is 0.506 e. The molecule has 4 rings (SSSR count). The summed E-state index contributed by atoms with van der Waals surface area (Å²) in [7, 11) is 1.49. The molecule has 0 unspecified atom stereocenters. The summed E-state index contributed by atoms with van der Waals surface area (Å²) in [5, 5.41) is 21.0. The van der Waals surface area contributed by atoms with E-state index in [1.807, 2.05) is 0 Å². The van der Waals surface area contributed by atoms with Gasteiger partial charge in [0.1, 0.15) is 44.9 Å². The van der Waals surface area contributed by atoms with Crippen molar-refractivity contribution in [2.24, 2.45) is 0 Å². The number of furan rings is 2. The predicted octanol–water partition coefficient (Wildman–Crippen LogP) is 4.99. The van der Waals surface area contributed by atoms with Crippen molar-refractivity contribution in [1.29, 1.82) is 5.26 Å². The number of hydrogen-bond acceptors (Lipinski definition) is 7. The van der Waals surface area contributed by atoms with Gasteiger partial charge in [-0.1, -0.05) is 0 Å². The highest BCUT2D eigenvalue weighted by Crippen LogP contribution is 2.49. The van der Waals surface area contributed by atoms with Crippen LogP contribution in [0.4, 0.5) is 5.82 Å². The van der Waals surface area contributed by atoms with Crippen molar-refractivity contribution in [2.45, 2.75) is 6.92 Å². The maximum absolute atomic E-state index is 10.8.